The van der Waals surface area contributed by atoms with Crippen molar-refractivity contribution in [2.24, 2.45) is 0 Å². The van der Waals surface area contributed by atoms with Crippen molar-refractivity contribution in [3.8, 4) is 11.4 Å². The smallest absolute Gasteiger partial charge is 0.121 e. The second-order valence-electron chi connectivity index (χ2n) is 3.68. The van der Waals surface area contributed by atoms with Crippen molar-refractivity contribution in [2.75, 3.05) is 7.11 Å². The number of ether oxygens (including phenoxy) is 1. The standard InChI is InChI=1S/C13H11N3O/c1-17-11-6-4-5-10(9-11)16-14-12-7-2-3-8-13(12)15-16/h2-9H,1H3. The van der Waals surface area contributed by atoms with Crippen LogP contribution in [0, 0.1) is 0 Å². The van der Waals surface area contributed by atoms with Crippen LogP contribution in [0.4, 0.5) is 0 Å². The SMILES string of the molecule is COc1cccc(-n2nc3ccccc3n2)c1. The first-order chi connectivity index (χ1) is 8.36. The summed E-state index contributed by atoms with van der Waals surface area (Å²) in [6.45, 7) is 0. The molecule has 0 fully saturated rings. The van der Waals surface area contributed by atoms with Gasteiger partial charge >= 0.3 is 0 Å². The Kier molecular flexibility index (Phi) is 2.26. The highest BCUT2D eigenvalue weighted by atomic mass is 16.5. The number of hydrogen-bond acceptors (Lipinski definition) is 3. The maximum Gasteiger partial charge on any atom is 0.121 e. The fraction of sp³-hybridized carbons (Fsp3) is 0.0769. The quantitative estimate of drug-likeness (QED) is 0.672. The summed E-state index contributed by atoms with van der Waals surface area (Å²) >= 11 is 0. The first-order valence-corrected chi connectivity index (χ1v) is 5.33. The Balaban J connectivity index is 2.13. The van der Waals surface area contributed by atoms with Crippen molar-refractivity contribution in [1.29, 1.82) is 0 Å². The van der Waals surface area contributed by atoms with Gasteiger partial charge in [-0.25, -0.2) is 0 Å². The third kappa shape index (κ3) is 1.73. The van der Waals surface area contributed by atoms with Crippen LogP contribution in [0.3, 0.4) is 0 Å². The van der Waals surface area contributed by atoms with Crippen LogP contribution in [-0.4, -0.2) is 22.1 Å². The lowest BCUT2D eigenvalue weighted by Crippen LogP contribution is -1.98. The monoisotopic (exact) mass is 225 g/mol. The van der Waals surface area contributed by atoms with Gasteiger partial charge in [0, 0.05) is 6.07 Å². The third-order valence-electron chi connectivity index (χ3n) is 2.57. The average Bonchev–Trinajstić information content (AvgIpc) is 2.82. The van der Waals surface area contributed by atoms with Crippen LogP contribution in [0.5, 0.6) is 5.75 Å². The van der Waals surface area contributed by atoms with Gasteiger partial charge < -0.3 is 4.74 Å². The van der Waals surface area contributed by atoms with Crippen molar-refractivity contribution in [2.45, 2.75) is 0 Å². The van der Waals surface area contributed by atoms with Gasteiger partial charge in [0.1, 0.15) is 16.8 Å². The number of fused-ring (bicyclic) bond motifs is 1. The van der Waals surface area contributed by atoms with Crippen LogP contribution in [0.15, 0.2) is 48.5 Å². The van der Waals surface area contributed by atoms with Crippen molar-refractivity contribution < 1.29 is 4.74 Å². The molecule has 0 N–H and O–H groups in total. The topological polar surface area (TPSA) is 39.9 Å². The van der Waals surface area contributed by atoms with Gasteiger partial charge in [0.15, 0.2) is 0 Å². The lowest BCUT2D eigenvalue weighted by molar-refractivity contribution is 0.414. The molecule has 0 bridgehead atoms. The summed E-state index contributed by atoms with van der Waals surface area (Å²) in [4.78, 5) is 1.62. The van der Waals surface area contributed by atoms with Crippen LogP contribution in [0.2, 0.25) is 0 Å². The minimum Gasteiger partial charge on any atom is -0.497 e. The molecule has 1 aromatic heterocycles. The molecule has 0 spiro atoms. The van der Waals surface area contributed by atoms with Crippen molar-refractivity contribution in [1.82, 2.24) is 15.0 Å². The van der Waals surface area contributed by atoms with Crippen LogP contribution in [0.25, 0.3) is 16.7 Å². The molecule has 2 aromatic carbocycles. The molecule has 84 valence electrons. The molecule has 17 heavy (non-hydrogen) atoms. The maximum atomic E-state index is 5.18. The predicted molar refractivity (Wildman–Crippen MR) is 65.4 cm³/mol. The van der Waals surface area contributed by atoms with E-state index in [-0.39, 0.29) is 0 Å². The largest absolute Gasteiger partial charge is 0.497 e. The number of methoxy groups -OCH3 is 1. The predicted octanol–water partition coefficient (Wildman–Crippen LogP) is 2.43. The molecular formula is C13H11N3O. The lowest BCUT2D eigenvalue weighted by atomic mass is 10.3. The normalized spacial score (nSPS) is 10.6. The summed E-state index contributed by atoms with van der Waals surface area (Å²) in [5.41, 5.74) is 2.66. The van der Waals surface area contributed by atoms with E-state index >= 15 is 0 Å². The van der Waals surface area contributed by atoms with Crippen molar-refractivity contribution in [3.63, 3.8) is 0 Å². The molecule has 4 nitrogen and oxygen atoms in total. The van der Waals surface area contributed by atoms with E-state index in [4.69, 9.17) is 4.74 Å². The van der Waals surface area contributed by atoms with Crippen molar-refractivity contribution in [3.05, 3.63) is 48.5 Å². The highest BCUT2D eigenvalue weighted by Gasteiger charge is 2.04. The molecule has 0 amide bonds. The Morgan fingerprint density at radius 3 is 2.29 bits per heavy atom. The summed E-state index contributed by atoms with van der Waals surface area (Å²) in [5, 5.41) is 8.82. The number of aromatic nitrogens is 3. The first kappa shape index (κ1) is 9.84. The van der Waals surface area contributed by atoms with Gasteiger partial charge in [-0.2, -0.15) is 4.80 Å². The summed E-state index contributed by atoms with van der Waals surface area (Å²) in [6, 6.07) is 15.5. The molecule has 0 saturated heterocycles. The Bertz CT molecular complexity index is 627. The van der Waals surface area contributed by atoms with E-state index in [0.29, 0.717) is 0 Å². The Hall–Kier alpha value is -2.36. The van der Waals surface area contributed by atoms with Crippen LogP contribution >= 0.6 is 0 Å². The van der Waals surface area contributed by atoms with Gasteiger partial charge in [-0.1, -0.05) is 18.2 Å². The Morgan fingerprint density at radius 1 is 0.941 bits per heavy atom. The van der Waals surface area contributed by atoms with Gasteiger partial charge in [0.05, 0.1) is 12.8 Å². The maximum absolute atomic E-state index is 5.18. The van der Waals surface area contributed by atoms with E-state index in [9.17, 15) is 0 Å². The van der Waals surface area contributed by atoms with Gasteiger partial charge in [0.25, 0.3) is 0 Å². The fourth-order valence-corrected chi connectivity index (χ4v) is 1.71. The summed E-state index contributed by atoms with van der Waals surface area (Å²) in [5.74, 6) is 0.795. The number of hydrogen-bond donors (Lipinski definition) is 0. The number of nitrogens with zero attached hydrogens (tertiary/aromatic N) is 3. The molecule has 0 aliphatic carbocycles. The first-order valence-electron chi connectivity index (χ1n) is 5.33. The van der Waals surface area contributed by atoms with E-state index in [1.807, 2.05) is 48.5 Å². The van der Waals surface area contributed by atoms with Crippen LogP contribution in [-0.2, 0) is 0 Å². The molecular weight excluding hydrogens is 214 g/mol. The molecule has 0 aliphatic heterocycles. The van der Waals surface area contributed by atoms with Gasteiger partial charge in [-0.3, -0.25) is 0 Å². The van der Waals surface area contributed by atoms with E-state index in [1.165, 1.54) is 0 Å². The summed E-state index contributed by atoms with van der Waals surface area (Å²) in [7, 11) is 1.64. The second kappa shape index (κ2) is 3.90. The Labute approximate surface area is 98.4 Å². The fourth-order valence-electron chi connectivity index (χ4n) is 1.71. The molecule has 3 rings (SSSR count). The van der Waals surface area contributed by atoms with Gasteiger partial charge in [-0.05, 0) is 24.3 Å². The molecule has 0 atom stereocenters. The molecule has 4 heteroatoms. The zero-order chi connectivity index (χ0) is 11.7. The minimum atomic E-state index is 0.795. The van der Waals surface area contributed by atoms with E-state index in [2.05, 4.69) is 10.2 Å². The number of benzene rings is 2. The molecule has 0 unspecified atom stereocenters. The molecule has 0 radical (unpaired) electrons. The zero-order valence-electron chi connectivity index (χ0n) is 9.37. The molecule has 0 saturated carbocycles. The molecule has 3 aromatic rings. The van der Waals surface area contributed by atoms with Crippen LogP contribution in [0.1, 0.15) is 0 Å². The van der Waals surface area contributed by atoms with E-state index in [0.717, 1.165) is 22.5 Å². The van der Waals surface area contributed by atoms with Gasteiger partial charge in [-0.15, -0.1) is 10.2 Å². The summed E-state index contributed by atoms with van der Waals surface area (Å²) in [6.07, 6.45) is 0. The Morgan fingerprint density at radius 2 is 1.65 bits per heavy atom. The van der Waals surface area contributed by atoms with E-state index in [1.54, 1.807) is 11.9 Å². The highest BCUT2D eigenvalue weighted by Crippen LogP contribution is 2.16. The summed E-state index contributed by atoms with van der Waals surface area (Å²) < 4.78 is 5.18. The third-order valence-corrected chi connectivity index (χ3v) is 2.57. The van der Waals surface area contributed by atoms with Crippen molar-refractivity contribution >= 4 is 11.0 Å². The van der Waals surface area contributed by atoms with Gasteiger partial charge in [0.2, 0.25) is 0 Å². The lowest BCUT2D eigenvalue weighted by Gasteiger charge is -2.02. The second-order valence-corrected chi connectivity index (χ2v) is 3.68. The molecule has 1 heterocycles. The minimum absolute atomic E-state index is 0.795. The van der Waals surface area contributed by atoms with Crippen LogP contribution < -0.4 is 4.74 Å². The zero-order valence-corrected chi connectivity index (χ0v) is 9.37. The highest BCUT2D eigenvalue weighted by molar-refractivity contribution is 5.73. The van der Waals surface area contributed by atoms with E-state index < -0.39 is 0 Å². The molecule has 0 aliphatic rings. The number of rotatable bonds is 2. The average molecular weight is 225 g/mol.